The Labute approximate surface area is 176 Å². The number of amides is 3. The summed E-state index contributed by atoms with van der Waals surface area (Å²) in [5.74, 6) is -1.08. The lowest BCUT2D eigenvalue weighted by Crippen LogP contribution is -2.47. The van der Waals surface area contributed by atoms with Gasteiger partial charge in [0.15, 0.2) is 12.7 Å². The number of esters is 1. The summed E-state index contributed by atoms with van der Waals surface area (Å²) < 4.78 is 10.6. The second kappa shape index (κ2) is 9.60. The van der Waals surface area contributed by atoms with E-state index in [0.717, 1.165) is 0 Å². The molecule has 0 bridgehead atoms. The summed E-state index contributed by atoms with van der Waals surface area (Å²) >= 11 is 0. The third kappa shape index (κ3) is 6.47. The number of carbonyl (C=O) groups is 4. The van der Waals surface area contributed by atoms with Gasteiger partial charge >= 0.3 is 5.97 Å². The molecule has 0 radical (unpaired) electrons. The van der Waals surface area contributed by atoms with Gasteiger partial charge in [0.25, 0.3) is 11.8 Å². The molecule has 9 nitrogen and oxygen atoms in total. The smallest absolute Gasteiger partial charge is 0.308 e. The number of hydrogen-bond donors (Lipinski definition) is 1. The molecule has 1 heterocycles. The van der Waals surface area contributed by atoms with Gasteiger partial charge in [0.1, 0.15) is 5.75 Å². The van der Waals surface area contributed by atoms with Crippen molar-refractivity contribution in [3.63, 3.8) is 0 Å². The molecule has 0 saturated heterocycles. The number of likely N-dealkylation sites (N-methyl/N-ethyl adjacent to an activating group) is 1. The molecule has 1 unspecified atom stereocenters. The molecular weight excluding hydrogens is 390 g/mol. The number of nitrogens with zero attached hydrogens (tertiary/aromatic N) is 2. The van der Waals surface area contributed by atoms with E-state index in [-0.39, 0.29) is 31.3 Å². The highest BCUT2D eigenvalue weighted by molar-refractivity contribution is 6.00. The van der Waals surface area contributed by atoms with Crippen molar-refractivity contribution < 1.29 is 28.7 Å². The fourth-order valence-corrected chi connectivity index (χ4v) is 2.88. The molecule has 1 aliphatic heterocycles. The lowest BCUT2D eigenvalue weighted by Gasteiger charge is -2.32. The molecule has 3 amide bonds. The molecule has 1 aromatic rings. The van der Waals surface area contributed by atoms with Crippen molar-refractivity contribution in [2.75, 3.05) is 31.6 Å². The van der Waals surface area contributed by atoms with Crippen LogP contribution in [0.3, 0.4) is 0 Å². The van der Waals surface area contributed by atoms with Crippen LogP contribution in [0.4, 0.5) is 5.69 Å². The minimum Gasteiger partial charge on any atom is -0.479 e. The molecule has 0 aliphatic carbocycles. The molecule has 1 atom stereocenters. The zero-order valence-electron chi connectivity index (χ0n) is 18.1. The number of hydrogen-bond acceptors (Lipinski definition) is 6. The fourth-order valence-electron chi connectivity index (χ4n) is 2.88. The predicted octanol–water partition coefficient (Wildman–Crippen LogP) is 1.11. The van der Waals surface area contributed by atoms with Crippen molar-refractivity contribution in [3.8, 4) is 5.75 Å². The van der Waals surface area contributed by atoms with Crippen LogP contribution in [0.1, 0.15) is 34.1 Å². The van der Waals surface area contributed by atoms with Crippen LogP contribution in [0.15, 0.2) is 24.3 Å². The van der Waals surface area contributed by atoms with Gasteiger partial charge in [-0.2, -0.15) is 0 Å². The van der Waals surface area contributed by atoms with Gasteiger partial charge in [0.05, 0.1) is 18.7 Å². The molecule has 1 aliphatic rings. The fraction of sp³-hybridized carbons (Fsp3) is 0.524. The number of nitrogens with one attached hydrogen (secondary N) is 1. The average molecular weight is 419 g/mol. The van der Waals surface area contributed by atoms with Gasteiger partial charge in [-0.25, -0.2) is 0 Å². The molecule has 1 N–H and O–H groups in total. The van der Waals surface area contributed by atoms with Gasteiger partial charge in [-0.15, -0.1) is 0 Å². The van der Waals surface area contributed by atoms with Crippen LogP contribution in [0.2, 0.25) is 0 Å². The van der Waals surface area contributed by atoms with Crippen LogP contribution < -0.4 is 15.0 Å². The predicted molar refractivity (Wildman–Crippen MR) is 110 cm³/mol. The number of carbonyl (C=O) groups excluding carboxylic acids is 4. The second-order valence-electron chi connectivity index (χ2n) is 8.18. The van der Waals surface area contributed by atoms with Crippen LogP contribution in [-0.4, -0.2) is 67.0 Å². The minimum atomic E-state index is -0.648. The second-order valence-corrected chi connectivity index (χ2v) is 8.18. The van der Waals surface area contributed by atoms with Crippen LogP contribution in [0.25, 0.3) is 0 Å². The third-order valence-corrected chi connectivity index (χ3v) is 4.29. The Morgan fingerprint density at radius 2 is 1.90 bits per heavy atom. The van der Waals surface area contributed by atoms with Crippen molar-refractivity contribution in [1.82, 2.24) is 10.2 Å². The SMILES string of the molecule is CC1Oc2ccccc2N(CCC(=O)OCC(=O)N(C)CC(=O)NC(C)(C)C)C1=O. The molecule has 0 aromatic heterocycles. The first-order chi connectivity index (χ1) is 14.0. The van der Waals surface area contributed by atoms with E-state index in [9.17, 15) is 19.2 Å². The first-order valence-corrected chi connectivity index (χ1v) is 9.75. The molecule has 9 heteroatoms. The molecule has 0 saturated carbocycles. The molecule has 1 aromatic carbocycles. The topological polar surface area (TPSA) is 105 Å². The molecular formula is C21H29N3O6. The van der Waals surface area contributed by atoms with Gasteiger partial charge in [-0.3, -0.25) is 19.2 Å². The van der Waals surface area contributed by atoms with Crippen LogP contribution in [-0.2, 0) is 23.9 Å². The van der Waals surface area contributed by atoms with Crippen molar-refractivity contribution in [2.45, 2.75) is 45.8 Å². The van der Waals surface area contributed by atoms with Crippen LogP contribution in [0.5, 0.6) is 5.75 Å². The summed E-state index contributed by atoms with van der Waals surface area (Å²) in [6, 6.07) is 7.08. The number of benzene rings is 1. The Kier molecular flexibility index (Phi) is 7.42. The molecule has 30 heavy (non-hydrogen) atoms. The quantitative estimate of drug-likeness (QED) is 0.664. The summed E-state index contributed by atoms with van der Waals surface area (Å²) in [5, 5.41) is 2.75. The normalized spacial score (nSPS) is 15.7. The van der Waals surface area contributed by atoms with E-state index in [2.05, 4.69) is 5.32 Å². The Bertz CT molecular complexity index is 817. The van der Waals surface area contributed by atoms with E-state index in [0.29, 0.717) is 11.4 Å². The Balaban J connectivity index is 1.82. The standard InChI is InChI=1S/C21H29N3O6/c1-14-20(28)24(15-8-6-7-9-16(15)30-14)11-10-19(27)29-13-18(26)23(5)12-17(25)22-21(2,3)4/h6-9,14H,10-13H2,1-5H3,(H,22,25). The summed E-state index contributed by atoms with van der Waals surface area (Å²) in [6.45, 7) is 6.67. The van der Waals surface area contributed by atoms with Gasteiger partial charge in [0.2, 0.25) is 5.91 Å². The van der Waals surface area contributed by atoms with Crippen molar-refractivity contribution >= 4 is 29.4 Å². The zero-order chi connectivity index (χ0) is 22.5. The van der Waals surface area contributed by atoms with E-state index < -0.39 is 30.1 Å². The highest BCUT2D eigenvalue weighted by Crippen LogP contribution is 2.33. The van der Waals surface area contributed by atoms with E-state index >= 15 is 0 Å². The largest absolute Gasteiger partial charge is 0.479 e. The van der Waals surface area contributed by atoms with Gasteiger partial charge in [-0.05, 0) is 39.8 Å². The first-order valence-electron chi connectivity index (χ1n) is 9.75. The molecule has 0 fully saturated rings. The number of para-hydroxylation sites is 2. The molecule has 2 rings (SSSR count). The zero-order valence-corrected chi connectivity index (χ0v) is 18.1. The van der Waals surface area contributed by atoms with Crippen molar-refractivity contribution in [3.05, 3.63) is 24.3 Å². The van der Waals surface area contributed by atoms with E-state index in [1.807, 2.05) is 20.8 Å². The average Bonchev–Trinajstić information content (AvgIpc) is 2.64. The van der Waals surface area contributed by atoms with Gasteiger partial charge in [0, 0.05) is 19.1 Å². The van der Waals surface area contributed by atoms with Crippen LogP contribution >= 0.6 is 0 Å². The van der Waals surface area contributed by atoms with E-state index in [1.54, 1.807) is 31.2 Å². The van der Waals surface area contributed by atoms with E-state index in [1.165, 1.54) is 16.8 Å². The number of ether oxygens (including phenoxy) is 2. The summed E-state index contributed by atoms with van der Waals surface area (Å²) in [7, 11) is 1.46. The van der Waals surface area contributed by atoms with Gasteiger partial charge < -0.3 is 24.6 Å². The number of rotatable bonds is 7. The maximum Gasteiger partial charge on any atom is 0.308 e. The summed E-state index contributed by atoms with van der Waals surface area (Å²) in [5.41, 5.74) is 0.189. The lowest BCUT2D eigenvalue weighted by molar-refractivity contribution is -0.151. The monoisotopic (exact) mass is 419 g/mol. The first kappa shape index (κ1) is 23.2. The summed E-state index contributed by atoms with van der Waals surface area (Å²) in [6.07, 6.45) is -0.723. The highest BCUT2D eigenvalue weighted by atomic mass is 16.5. The lowest BCUT2D eigenvalue weighted by atomic mass is 10.1. The minimum absolute atomic E-state index is 0.0751. The van der Waals surface area contributed by atoms with Crippen LogP contribution in [0, 0.1) is 0 Å². The van der Waals surface area contributed by atoms with Crippen molar-refractivity contribution in [1.29, 1.82) is 0 Å². The Hall–Kier alpha value is -3.10. The molecule has 0 spiro atoms. The Morgan fingerprint density at radius 1 is 1.23 bits per heavy atom. The summed E-state index contributed by atoms with van der Waals surface area (Å²) in [4.78, 5) is 51.2. The number of fused-ring (bicyclic) bond motifs is 1. The van der Waals surface area contributed by atoms with Crippen molar-refractivity contribution in [2.24, 2.45) is 0 Å². The maximum atomic E-state index is 12.4. The maximum absolute atomic E-state index is 12.4. The van der Waals surface area contributed by atoms with E-state index in [4.69, 9.17) is 9.47 Å². The third-order valence-electron chi connectivity index (χ3n) is 4.29. The molecule has 164 valence electrons. The highest BCUT2D eigenvalue weighted by Gasteiger charge is 2.31. The van der Waals surface area contributed by atoms with Gasteiger partial charge in [-0.1, -0.05) is 12.1 Å². The number of anilines is 1. The Morgan fingerprint density at radius 3 is 2.57 bits per heavy atom.